The van der Waals surface area contributed by atoms with Crippen LogP contribution in [0.4, 0.5) is 0 Å². The number of rotatable bonds is 33. The minimum absolute atomic E-state index is 0.0288. The van der Waals surface area contributed by atoms with Gasteiger partial charge in [-0.3, -0.25) is 0 Å². The zero-order valence-corrected chi connectivity index (χ0v) is 49.5. The summed E-state index contributed by atoms with van der Waals surface area (Å²) in [4.78, 5) is 0. The van der Waals surface area contributed by atoms with Crippen molar-refractivity contribution in [2.45, 2.75) is 151 Å². The molecular weight excluding hydrogens is 1120 g/mol. The summed E-state index contributed by atoms with van der Waals surface area (Å²) in [6.07, 6.45) is -13.8. The van der Waals surface area contributed by atoms with Gasteiger partial charge in [-0.2, -0.15) is 0 Å². The lowest BCUT2D eigenvalue weighted by Gasteiger charge is -2.50. The molecule has 0 aliphatic carbocycles. The Morgan fingerprint density at radius 1 is 0.341 bits per heavy atom. The Balaban J connectivity index is 1.01. The maximum absolute atomic E-state index is 13.0. The first-order valence-corrected chi connectivity index (χ1v) is 30.4. The molecule has 16 heteroatoms. The van der Waals surface area contributed by atoms with Gasteiger partial charge in [-0.15, -0.1) is 6.58 Å². The van der Waals surface area contributed by atoms with Crippen molar-refractivity contribution >= 4 is 0 Å². The highest BCUT2D eigenvalue weighted by Gasteiger charge is 2.55. The largest absolute Gasteiger partial charge is 0.394 e. The highest BCUT2D eigenvalue weighted by molar-refractivity contribution is 5.19. The Hall–Kier alpha value is -6.36. The first kappa shape index (κ1) is 64.6. The van der Waals surface area contributed by atoms with Crippen molar-refractivity contribution in [2.75, 3.05) is 26.4 Å². The average molecular weight is 1200 g/mol. The third kappa shape index (κ3) is 18.6. The van der Waals surface area contributed by atoms with Crippen LogP contribution in [-0.4, -0.2) is 134 Å². The molecule has 3 saturated heterocycles. The number of allylic oxidation sites excluding steroid dienone is 1. The van der Waals surface area contributed by atoms with Gasteiger partial charge in [-0.1, -0.05) is 218 Å². The standard InChI is InChI=1S/C72H82O16/c1-2-3-25-40-77-72-69(83-48-57-38-23-10-24-39-57)68(88-70-62(75)66(81-46-55-34-19-8-20-35-55)64(79-44-53-30-15-6-16-31-53)59(86-70)49-76-42-51-26-11-4-12-27-51)65(80-45-54-32-17-7-18-33-54)60(87-72)50-84-71-67(82-47-56-36-21-9-22-37-56)61(74)63(58(41-73)85-71)78-43-52-28-13-5-14-29-52/h2,4-24,26-39,58-75H,1,3,25,40-50H2/t58-,59-,60-,61+,62+,63-,64-,65-,66-,67+,68+,69+,70-,71+,72-/m1/s1. The number of aliphatic hydroxyl groups is 3. The van der Waals surface area contributed by atoms with Crippen LogP contribution in [0.15, 0.2) is 225 Å². The average Bonchev–Trinajstić information content (AvgIpc) is 3.12. The van der Waals surface area contributed by atoms with E-state index < -0.39 is 98.7 Å². The van der Waals surface area contributed by atoms with Crippen molar-refractivity contribution in [1.82, 2.24) is 0 Å². The molecule has 15 atom stereocenters. The highest BCUT2D eigenvalue weighted by atomic mass is 16.8. The fourth-order valence-corrected chi connectivity index (χ4v) is 11.0. The van der Waals surface area contributed by atoms with Crippen LogP contribution >= 0.6 is 0 Å². The van der Waals surface area contributed by atoms with E-state index in [-0.39, 0.29) is 66.1 Å². The fraction of sp³-hybridized carbons (Fsp3) is 0.389. The summed E-state index contributed by atoms with van der Waals surface area (Å²) < 4.78 is 88.6. The van der Waals surface area contributed by atoms with Gasteiger partial charge in [-0.05, 0) is 51.8 Å². The molecule has 7 aromatic rings. The maximum Gasteiger partial charge on any atom is 0.187 e. The van der Waals surface area contributed by atoms with E-state index in [0.717, 1.165) is 38.9 Å². The van der Waals surface area contributed by atoms with E-state index in [0.29, 0.717) is 12.8 Å². The van der Waals surface area contributed by atoms with E-state index in [1.165, 1.54) is 0 Å². The number of ether oxygens (including phenoxy) is 13. The summed E-state index contributed by atoms with van der Waals surface area (Å²) in [6.45, 7) is 4.47. The molecule has 0 bridgehead atoms. The zero-order chi connectivity index (χ0) is 60.5. The molecule has 0 unspecified atom stereocenters. The molecule has 3 aliphatic heterocycles. The second kappa shape index (κ2) is 34.6. The molecule has 0 spiro atoms. The van der Waals surface area contributed by atoms with Crippen LogP contribution in [0.5, 0.6) is 0 Å². The minimum atomic E-state index is -1.48. The van der Waals surface area contributed by atoms with E-state index >= 15 is 0 Å². The summed E-state index contributed by atoms with van der Waals surface area (Å²) in [7, 11) is 0. The van der Waals surface area contributed by atoms with Gasteiger partial charge >= 0.3 is 0 Å². The monoisotopic (exact) mass is 1200 g/mol. The van der Waals surface area contributed by atoms with Crippen molar-refractivity contribution in [3.05, 3.63) is 264 Å². The van der Waals surface area contributed by atoms with Crippen molar-refractivity contribution in [3.8, 4) is 0 Å². The van der Waals surface area contributed by atoms with E-state index in [1.54, 1.807) is 0 Å². The third-order valence-electron chi connectivity index (χ3n) is 15.7. The van der Waals surface area contributed by atoms with Crippen LogP contribution < -0.4 is 0 Å². The quantitative estimate of drug-likeness (QED) is 0.0261. The smallest absolute Gasteiger partial charge is 0.187 e. The zero-order valence-electron chi connectivity index (χ0n) is 49.5. The summed E-state index contributed by atoms with van der Waals surface area (Å²) in [5.74, 6) is 0. The minimum Gasteiger partial charge on any atom is -0.394 e. The molecule has 0 radical (unpaired) electrons. The van der Waals surface area contributed by atoms with Gasteiger partial charge in [0.15, 0.2) is 18.9 Å². The molecule has 3 heterocycles. The molecule has 466 valence electrons. The normalized spacial score (nSPS) is 27.2. The first-order chi connectivity index (χ1) is 43.4. The van der Waals surface area contributed by atoms with Crippen molar-refractivity contribution < 1.29 is 76.9 Å². The molecule has 0 amide bonds. The second-order valence-electron chi connectivity index (χ2n) is 22.1. The number of benzene rings is 7. The van der Waals surface area contributed by atoms with Gasteiger partial charge in [-0.25, -0.2) is 0 Å². The maximum atomic E-state index is 13.0. The lowest BCUT2D eigenvalue weighted by molar-refractivity contribution is -0.380. The van der Waals surface area contributed by atoms with Crippen molar-refractivity contribution in [2.24, 2.45) is 0 Å². The van der Waals surface area contributed by atoms with Gasteiger partial charge in [0, 0.05) is 0 Å². The molecule has 7 aromatic carbocycles. The van der Waals surface area contributed by atoms with Crippen LogP contribution in [0.3, 0.4) is 0 Å². The lowest BCUT2D eigenvalue weighted by atomic mass is 9.95. The Labute approximate surface area is 516 Å². The van der Waals surface area contributed by atoms with Crippen LogP contribution in [0.25, 0.3) is 0 Å². The summed E-state index contributed by atoms with van der Waals surface area (Å²) in [5.41, 5.74) is 6.20. The van der Waals surface area contributed by atoms with Crippen molar-refractivity contribution in [1.29, 1.82) is 0 Å². The number of hydrogen-bond acceptors (Lipinski definition) is 16. The summed E-state index contributed by atoms with van der Waals surface area (Å²) in [6, 6.07) is 67.9. The van der Waals surface area contributed by atoms with Crippen LogP contribution in [0.2, 0.25) is 0 Å². The molecule has 3 N–H and O–H groups in total. The SMILES string of the molecule is C=CCCCO[C@@H]1O[C@H](CO[C@H]2O[C@H](CO)[C@@H](OCc3ccccc3)[C@H](O)[C@@H]2OCc2ccccc2)[C@@H](OCc2ccccc2)[C@H](O[C@H]2O[C@H](COCc3ccccc3)[C@@H](OCc3ccccc3)[C@H](OCc3ccccc3)[C@@H]2O)[C@@H]1OCc1ccccc1. The first-order valence-electron chi connectivity index (χ1n) is 30.4. The summed E-state index contributed by atoms with van der Waals surface area (Å²) >= 11 is 0. The predicted molar refractivity (Wildman–Crippen MR) is 328 cm³/mol. The van der Waals surface area contributed by atoms with Gasteiger partial charge < -0.3 is 76.9 Å². The number of aliphatic hydroxyl groups excluding tert-OH is 3. The molecule has 16 nitrogen and oxygen atoms in total. The van der Waals surface area contributed by atoms with E-state index in [1.807, 2.05) is 218 Å². The molecule has 88 heavy (non-hydrogen) atoms. The van der Waals surface area contributed by atoms with Crippen molar-refractivity contribution in [3.63, 3.8) is 0 Å². The van der Waals surface area contributed by atoms with Crippen LogP contribution in [0, 0.1) is 0 Å². The Bertz CT molecular complexity index is 3010. The highest BCUT2D eigenvalue weighted by Crippen LogP contribution is 2.37. The molecular formula is C72H82O16. The van der Waals surface area contributed by atoms with Gasteiger partial charge in [0.25, 0.3) is 0 Å². The number of hydrogen-bond donors (Lipinski definition) is 3. The molecule has 10 rings (SSSR count). The fourth-order valence-electron chi connectivity index (χ4n) is 11.0. The predicted octanol–water partition coefficient (Wildman–Crippen LogP) is 9.99. The topological polar surface area (TPSA) is 181 Å². The number of unbranched alkanes of at least 4 members (excludes halogenated alkanes) is 1. The molecule has 0 aromatic heterocycles. The van der Waals surface area contributed by atoms with Gasteiger partial charge in [0.2, 0.25) is 0 Å². The Morgan fingerprint density at radius 2 is 0.693 bits per heavy atom. The van der Waals surface area contributed by atoms with E-state index in [9.17, 15) is 15.3 Å². The lowest BCUT2D eigenvalue weighted by Crippen LogP contribution is -2.66. The third-order valence-corrected chi connectivity index (χ3v) is 15.7. The summed E-state index contributed by atoms with van der Waals surface area (Å²) in [5, 5.41) is 36.3. The molecule has 3 aliphatic rings. The second-order valence-corrected chi connectivity index (χ2v) is 22.1. The van der Waals surface area contributed by atoms with Crippen LogP contribution in [-0.2, 0) is 108 Å². The Kier molecular flexibility index (Phi) is 25.4. The van der Waals surface area contributed by atoms with Gasteiger partial charge in [0.1, 0.15) is 73.2 Å². The Morgan fingerprint density at radius 3 is 1.14 bits per heavy atom. The van der Waals surface area contributed by atoms with Crippen LogP contribution in [0.1, 0.15) is 51.8 Å². The van der Waals surface area contributed by atoms with E-state index in [4.69, 9.17) is 61.6 Å². The van der Waals surface area contributed by atoms with E-state index in [2.05, 4.69) is 6.58 Å². The molecule has 3 fully saturated rings. The molecule has 0 saturated carbocycles. The van der Waals surface area contributed by atoms with Gasteiger partial charge in [0.05, 0.1) is 72.7 Å².